The highest BCUT2D eigenvalue weighted by atomic mass is 35.5. The molecule has 94 valence electrons. The van der Waals surface area contributed by atoms with Crippen molar-refractivity contribution in [1.29, 1.82) is 0 Å². The van der Waals surface area contributed by atoms with E-state index in [-0.39, 0.29) is 22.3 Å². The summed E-state index contributed by atoms with van der Waals surface area (Å²) in [6.45, 7) is 2.80. The molecule has 0 spiro atoms. The van der Waals surface area contributed by atoms with Crippen molar-refractivity contribution in [2.75, 3.05) is 24.6 Å². The summed E-state index contributed by atoms with van der Waals surface area (Å²) in [5, 5.41) is 19.9. The van der Waals surface area contributed by atoms with Gasteiger partial charge in [0, 0.05) is 25.2 Å². The highest BCUT2D eigenvalue weighted by Crippen LogP contribution is 2.37. The molecule has 7 heteroatoms. The smallest absolute Gasteiger partial charge is 0.272 e. The summed E-state index contributed by atoms with van der Waals surface area (Å²) >= 11 is 12.0. The molecular weight excluding hydrogens is 267 g/mol. The van der Waals surface area contributed by atoms with E-state index in [4.69, 9.17) is 28.3 Å². The molecule has 0 fully saturated rings. The van der Waals surface area contributed by atoms with Gasteiger partial charge in [0.05, 0.1) is 27.3 Å². The molecule has 0 heterocycles. The van der Waals surface area contributed by atoms with Crippen LogP contribution >= 0.6 is 23.2 Å². The van der Waals surface area contributed by atoms with E-state index in [1.807, 2.05) is 6.92 Å². The van der Waals surface area contributed by atoms with Crippen LogP contribution in [0.25, 0.3) is 0 Å². The number of nitrogens with zero attached hydrogens (tertiary/aromatic N) is 2. The standard InChI is InChI=1S/C10H12Cl2N2O3/c1-2-13(3-4-15)10-8(11)5-7(14(16)17)6-9(10)12/h5-6,15H,2-4H2,1H3. The van der Waals surface area contributed by atoms with Gasteiger partial charge in [-0.05, 0) is 6.92 Å². The van der Waals surface area contributed by atoms with Crippen LogP contribution in [0.15, 0.2) is 12.1 Å². The number of nitro groups is 1. The molecule has 0 atom stereocenters. The maximum Gasteiger partial charge on any atom is 0.272 e. The predicted octanol–water partition coefficient (Wildman–Crippen LogP) is 2.72. The third-order valence-corrected chi connectivity index (χ3v) is 2.86. The van der Waals surface area contributed by atoms with Gasteiger partial charge in [0.25, 0.3) is 5.69 Å². The van der Waals surface area contributed by atoms with Crippen LogP contribution < -0.4 is 4.90 Å². The molecule has 5 nitrogen and oxygen atoms in total. The normalized spacial score (nSPS) is 10.4. The monoisotopic (exact) mass is 278 g/mol. The van der Waals surface area contributed by atoms with Crippen molar-refractivity contribution >= 4 is 34.6 Å². The first-order valence-electron chi connectivity index (χ1n) is 5.00. The topological polar surface area (TPSA) is 66.6 Å². The predicted molar refractivity (Wildman–Crippen MR) is 68.1 cm³/mol. The van der Waals surface area contributed by atoms with Gasteiger partial charge in [-0.15, -0.1) is 0 Å². The molecule has 1 rings (SSSR count). The van der Waals surface area contributed by atoms with Gasteiger partial charge >= 0.3 is 0 Å². The summed E-state index contributed by atoms with van der Waals surface area (Å²) in [5.74, 6) is 0. The fraction of sp³-hybridized carbons (Fsp3) is 0.400. The van der Waals surface area contributed by atoms with Crippen LogP contribution in [-0.2, 0) is 0 Å². The minimum atomic E-state index is -0.552. The van der Waals surface area contributed by atoms with Crippen molar-refractivity contribution in [3.05, 3.63) is 32.3 Å². The average molecular weight is 279 g/mol. The van der Waals surface area contributed by atoms with Gasteiger partial charge in [0.1, 0.15) is 0 Å². The Morgan fingerprint density at radius 1 is 1.41 bits per heavy atom. The Labute approximate surface area is 109 Å². The fourth-order valence-corrected chi connectivity index (χ4v) is 2.22. The van der Waals surface area contributed by atoms with Crippen molar-refractivity contribution in [3.8, 4) is 0 Å². The number of rotatable bonds is 5. The third kappa shape index (κ3) is 3.21. The zero-order chi connectivity index (χ0) is 13.0. The van der Waals surface area contributed by atoms with Crippen molar-refractivity contribution in [3.63, 3.8) is 0 Å². The molecule has 0 radical (unpaired) electrons. The Balaban J connectivity index is 3.20. The number of nitro benzene ring substituents is 1. The van der Waals surface area contributed by atoms with Crippen LogP contribution in [0.2, 0.25) is 10.0 Å². The molecule has 0 aliphatic heterocycles. The summed E-state index contributed by atoms with van der Waals surface area (Å²) < 4.78 is 0. The van der Waals surface area contributed by atoms with Gasteiger partial charge in [-0.3, -0.25) is 10.1 Å². The second-order valence-corrected chi connectivity index (χ2v) is 4.13. The van der Waals surface area contributed by atoms with E-state index >= 15 is 0 Å². The zero-order valence-electron chi connectivity index (χ0n) is 9.19. The largest absolute Gasteiger partial charge is 0.395 e. The lowest BCUT2D eigenvalue weighted by atomic mass is 10.2. The number of aliphatic hydroxyl groups excluding tert-OH is 1. The van der Waals surface area contributed by atoms with E-state index in [2.05, 4.69) is 0 Å². The molecule has 0 amide bonds. The van der Waals surface area contributed by atoms with E-state index in [0.717, 1.165) is 0 Å². The number of anilines is 1. The van der Waals surface area contributed by atoms with E-state index in [1.165, 1.54) is 12.1 Å². The SMILES string of the molecule is CCN(CCO)c1c(Cl)cc([N+](=O)[O-])cc1Cl. The molecular formula is C10H12Cl2N2O3. The second kappa shape index (κ2) is 6.05. The molecule has 0 saturated heterocycles. The number of benzene rings is 1. The molecule has 0 aromatic heterocycles. The maximum absolute atomic E-state index is 10.6. The second-order valence-electron chi connectivity index (χ2n) is 3.32. The Hall–Kier alpha value is -1.04. The van der Waals surface area contributed by atoms with Gasteiger partial charge in [-0.2, -0.15) is 0 Å². The summed E-state index contributed by atoms with van der Waals surface area (Å²) in [4.78, 5) is 11.8. The van der Waals surface area contributed by atoms with E-state index < -0.39 is 4.92 Å². The van der Waals surface area contributed by atoms with Crippen molar-refractivity contribution < 1.29 is 10.0 Å². The molecule has 1 aromatic rings. The lowest BCUT2D eigenvalue weighted by Gasteiger charge is -2.24. The van der Waals surface area contributed by atoms with Gasteiger partial charge < -0.3 is 10.0 Å². The summed E-state index contributed by atoms with van der Waals surface area (Å²) in [6, 6.07) is 2.51. The van der Waals surface area contributed by atoms with Crippen LogP contribution in [0.3, 0.4) is 0 Å². The van der Waals surface area contributed by atoms with E-state index in [0.29, 0.717) is 18.8 Å². The highest BCUT2D eigenvalue weighted by Gasteiger charge is 2.18. The molecule has 1 aromatic carbocycles. The average Bonchev–Trinajstić information content (AvgIpc) is 2.26. The van der Waals surface area contributed by atoms with Crippen molar-refractivity contribution in [2.24, 2.45) is 0 Å². The van der Waals surface area contributed by atoms with E-state index in [1.54, 1.807) is 4.90 Å². The van der Waals surface area contributed by atoms with Crippen LogP contribution in [0, 0.1) is 10.1 Å². The minimum Gasteiger partial charge on any atom is -0.395 e. The number of hydrogen-bond donors (Lipinski definition) is 1. The number of halogens is 2. The van der Waals surface area contributed by atoms with Gasteiger partial charge in [0.15, 0.2) is 0 Å². The number of hydrogen-bond acceptors (Lipinski definition) is 4. The van der Waals surface area contributed by atoms with Crippen LogP contribution in [-0.4, -0.2) is 29.7 Å². The third-order valence-electron chi connectivity index (χ3n) is 2.28. The zero-order valence-corrected chi connectivity index (χ0v) is 10.7. The summed E-state index contributed by atoms with van der Waals surface area (Å²) in [5.41, 5.74) is 0.360. The Bertz CT molecular complexity index is 403. The Morgan fingerprint density at radius 2 is 1.94 bits per heavy atom. The molecule has 0 saturated carbocycles. The first kappa shape index (κ1) is 14.0. The molecule has 1 N–H and O–H groups in total. The van der Waals surface area contributed by atoms with Crippen LogP contribution in [0.1, 0.15) is 6.92 Å². The summed E-state index contributed by atoms with van der Waals surface area (Å²) in [6.07, 6.45) is 0. The number of likely N-dealkylation sites (N-methyl/N-ethyl adjacent to an activating group) is 1. The van der Waals surface area contributed by atoms with Crippen LogP contribution in [0.4, 0.5) is 11.4 Å². The lowest BCUT2D eigenvalue weighted by Crippen LogP contribution is -2.26. The molecule has 0 aliphatic rings. The first-order chi connectivity index (χ1) is 8.01. The number of non-ortho nitro benzene ring substituents is 1. The minimum absolute atomic E-state index is 0.0442. The lowest BCUT2D eigenvalue weighted by molar-refractivity contribution is -0.384. The molecule has 0 unspecified atom stereocenters. The fourth-order valence-electron chi connectivity index (χ4n) is 1.51. The molecule has 0 bridgehead atoms. The Kier molecular flexibility index (Phi) is 4.99. The number of aliphatic hydroxyl groups is 1. The quantitative estimate of drug-likeness (QED) is 0.664. The van der Waals surface area contributed by atoms with Gasteiger partial charge in [0.2, 0.25) is 0 Å². The van der Waals surface area contributed by atoms with Gasteiger partial charge in [-0.25, -0.2) is 0 Å². The molecule has 0 aliphatic carbocycles. The highest BCUT2D eigenvalue weighted by molar-refractivity contribution is 6.39. The van der Waals surface area contributed by atoms with Crippen molar-refractivity contribution in [1.82, 2.24) is 0 Å². The molecule has 17 heavy (non-hydrogen) atoms. The first-order valence-corrected chi connectivity index (χ1v) is 5.76. The maximum atomic E-state index is 10.6. The van der Waals surface area contributed by atoms with Crippen LogP contribution in [0.5, 0.6) is 0 Å². The Morgan fingerprint density at radius 3 is 2.29 bits per heavy atom. The van der Waals surface area contributed by atoms with Gasteiger partial charge in [-0.1, -0.05) is 23.2 Å². The van der Waals surface area contributed by atoms with E-state index in [9.17, 15) is 10.1 Å². The summed E-state index contributed by atoms with van der Waals surface area (Å²) in [7, 11) is 0. The van der Waals surface area contributed by atoms with Crippen molar-refractivity contribution in [2.45, 2.75) is 6.92 Å².